The number of esters is 1. The number of carbonyl (C=O) groups excluding carboxylic acids is 1. The third-order valence-corrected chi connectivity index (χ3v) is 8.05. The molecule has 1 atom stereocenters. The van der Waals surface area contributed by atoms with Crippen LogP contribution in [0, 0.1) is 0 Å². The summed E-state index contributed by atoms with van der Waals surface area (Å²) in [6.07, 6.45) is 1.08. The number of ether oxygens (including phenoxy) is 1. The Bertz CT molecular complexity index is 1100. The van der Waals surface area contributed by atoms with Crippen molar-refractivity contribution >= 4 is 5.97 Å². The number of rotatable bonds is 10. The number of benzene rings is 2. The Kier molecular flexibility index (Phi) is 11.6. The molecule has 0 heterocycles. The molecular weight excluding hydrogens is 540 g/mol. The van der Waals surface area contributed by atoms with Crippen LogP contribution in [0.2, 0.25) is 0 Å². The minimum Gasteiger partial charge on any atom is -0.507 e. The molecular formula is C37H58O6. The van der Waals surface area contributed by atoms with Crippen molar-refractivity contribution in [2.24, 2.45) is 0 Å². The Morgan fingerprint density at radius 1 is 0.651 bits per heavy atom. The van der Waals surface area contributed by atoms with Gasteiger partial charge in [0.2, 0.25) is 6.29 Å². The van der Waals surface area contributed by atoms with Crippen LogP contribution in [0.4, 0.5) is 0 Å². The van der Waals surface area contributed by atoms with Crippen molar-refractivity contribution in [2.45, 2.75) is 149 Å². The lowest BCUT2D eigenvalue weighted by Crippen LogP contribution is -2.23. The molecule has 43 heavy (non-hydrogen) atoms. The maximum atomic E-state index is 13.4. The van der Waals surface area contributed by atoms with Crippen molar-refractivity contribution in [2.75, 3.05) is 6.61 Å². The van der Waals surface area contributed by atoms with E-state index in [2.05, 4.69) is 83.1 Å². The zero-order valence-electron chi connectivity index (χ0n) is 28.8. The Labute approximate surface area is 260 Å². The van der Waals surface area contributed by atoms with Gasteiger partial charge < -0.3 is 25.2 Å². The molecule has 0 fully saturated rings. The Balaban J connectivity index is 2.82. The van der Waals surface area contributed by atoms with Gasteiger partial charge in [0.05, 0.1) is 6.42 Å². The minimum absolute atomic E-state index is 0.0242. The summed E-state index contributed by atoms with van der Waals surface area (Å²) in [6.45, 7) is 24.8. The third-order valence-electron chi connectivity index (χ3n) is 8.05. The second-order valence-corrected chi connectivity index (χ2v) is 16.2. The Hall–Kier alpha value is -2.57. The molecule has 0 bridgehead atoms. The average molecular weight is 599 g/mol. The van der Waals surface area contributed by atoms with E-state index in [1.165, 1.54) is 0 Å². The van der Waals surface area contributed by atoms with Crippen molar-refractivity contribution in [3.63, 3.8) is 0 Å². The average Bonchev–Trinajstić information content (AvgIpc) is 2.83. The summed E-state index contributed by atoms with van der Waals surface area (Å²) in [6, 6.07) is 7.98. The van der Waals surface area contributed by atoms with Crippen LogP contribution in [-0.2, 0) is 31.2 Å². The van der Waals surface area contributed by atoms with Gasteiger partial charge in [0.25, 0.3) is 0 Å². The van der Waals surface area contributed by atoms with E-state index in [0.717, 1.165) is 39.8 Å². The van der Waals surface area contributed by atoms with E-state index < -0.39 is 18.2 Å². The van der Waals surface area contributed by atoms with Gasteiger partial charge in [0, 0.05) is 18.9 Å². The lowest BCUT2D eigenvalue weighted by Gasteiger charge is -2.32. The molecule has 2 aromatic rings. The highest BCUT2D eigenvalue weighted by molar-refractivity contribution is 5.72. The fourth-order valence-corrected chi connectivity index (χ4v) is 5.46. The van der Waals surface area contributed by atoms with Crippen LogP contribution in [0.5, 0.6) is 11.5 Å². The van der Waals surface area contributed by atoms with Crippen molar-refractivity contribution < 1.29 is 30.0 Å². The molecule has 242 valence electrons. The van der Waals surface area contributed by atoms with Gasteiger partial charge in [-0.25, -0.2) is 0 Å². The number of unbranched alkanes of at least 4 members (excludes halogenated alkanes) is 2. The highest BCUT2D eigenvalue weighted by Crippen LogP contribution is 2.46. The van der Waals surface area contributed by atoms with Crippen LogP contribution in [-0.4, -0.2) is 39.3 Å². The summed E-state index contributed by atoms with van der Waals surface area (Å²) in [5, 5.41) is 42.3. The van der Waals surface area contributed by atoms with Crippen LogP contribution in [0.3, 0.4) is 0 Å². The van der Waals surface area contributed by atoms with Crippen LogP contribution >= 0.6 is 0 Å². The monoisotopic (exact) mass is 598 g/mol. The fourth-order valence-electron chi connectivity index (χ4n) is 5.46. The molecule has 0 aliphatic rings. The molecule has 0 saturated carbocycles. The van der Waals surface area contributed by atoms with E-state index in [1.54, 1.807) is 0 Å². The molecule has 0 aliphatic heterocycles. The van der Waals surface area contributed by atoms with Gasteiger partial charge in [-0.15, -0.1) is 0 Å². The summed E-state index contributed by atoms with van der Waals surface area (Å²) >= 11 is 0. The number of phenols is 2. The Morgan fingerprint density at radius 2 is 1.00 bits per heavy atom. The third kappa shape index (κ3) is 9.71. The highest BCUT2D eigenvalue weighted by Gasteiger charge is 2.33. The zero-order valence-corrected chi connectivity index (χ0v) is 28.8. The first-order valence-corrected chi connectivity index (χ1v) is 15.7. The lowest BCUT2D eigenvalue weighted by molar-refractivity contribution is -0.169. The predicted octanol–water partition coefficient (Wildman–Crippen LogP) is 8.22. The van der Waals surface area contributed by atoms with Crippen LogP contribution < -0.4 is 0 Å². The topological polar surface area (TPSA) is 107 Å². The van der Waals surface area contributed by atoms with Gasteiger partial charge in [0.1, 0.15) is 11.5 Å². The second kappa shape index (κ2) is 13.6. The van der Waals surface area contributed by atoms with E-state index >= 15 is 0 Å². The highest BCUT2D eigenvalue weighted by atomic mass is 16.6. The van der Waals surface area contributed by atoms with Crippen LogP contribution in [0.1, 0.15) is 154 Å². The standard InChI is InChI=1S/C37H58O6/c1-34(2,3)26-18-23(19-27(32(26)41)35(4,5)6)25(22-31(40)43-30(39)16-14-13-15-17-38)24-20-28(36(7,8)9)33(42)29(21-24)37(10,11)12/h18-21,25,30,38-39,41-42H,13-17,22H2,1-12H3. The molecule has 0 aliphatic carbocycles. The molecule has 0 amide bonds. The quantitative estimate of drug-likeness (QED) is 0.125. The number of aliphatic hydroxyl groups excluding tert-OH is 2. The van der Waals surface area contributed by atoms with Gasteiger partial charge in [-0.1, -0.05) is 114 Å². The summed E-state index contributed by atoms with van der Waals surface area (Å²) in [7, 11) is 0. The van der Waals surface area contributed by atoms with Gasteiger partial charge >= 0.3 is 5.97 Å². The first-order valence-electron chi connectivity index (χ1n) is 15.7. The summed E-state index contributed by atoms with van der Waals surface area (Å²) < 4.78 is 5.50. The SMILES string of the molecule is CC(C)(C)c1cc(C(CC(=O)OC(O)CCCCCO)c2cc(C(C)(C)C)c(O)c(C(C)(C)C)c2)cc(C(C)(C)C)c1O. The maximum absolute atomic E-state index is 13.4. The Morgan fingerprint density at radius 3 is 1.30 bits per heavy atom. The van der Waals surface area contributed by atoms with Crippen molar-refractivity contribution in [3.8, 4) is 11.5 Å². The molecule has 0 radical (unpaired) electrons. The first-order chi connectivity index (χ1) is 19.5. The number of aromatic hydroxyl groups is 2. The predicted molar refractivity (Wildman–Crippen MR) is 175 cm³/mol. The zero-order chi connectivity index (χ0) is 33.1. The van der Waals surface area contributed by atoms with Crippen molar-refractivity contribution in [1.29, 1.82) is 0 Å². The van der Waals surface area contributed by atoms with Crippen LogP contribution in [0.25, 0.3) is 0 Å². The van der Waals surface area contributed by atoms with Gasteiger partial charge in [-0.05, 0) is 67.9 Å². The molecule has 6 heteroatoms. The minimum atomic E-state index is -1.22. The number of hydrogen-bond donors (Lipinski definition) is 4. The summed E-state index contributed by atoms with van der Waals surface area (Å²) in [5.74, 6) is -0.454. The van der Waals surface area contributed by atoms with E-state index in [-0.39, 0.29) is 46.2 Å². The largest absolute Gasteiger partial charge is 0.507 e. The molecule has 0 saturated heterocycles. The smallest absolute Gasteiger partial charge is 0.309 e. The second-order valence-electron chi connectivity index (χ2n) is 16.2. The van der Waals surface area contributed by atoms with Crippen molar-refractivity contribution in [1.82, 2.24) is 0 Å². The molecule has 2 rings (SSSR count). The number of carbonyl (C=O) groups is 1. The molecule has 2 aromatic carbocycles. The lowest BCUT2D eigenvalue weighted by atomic mass is 9.73. The molecule has 0 spiro atoms. The maximum Gasteiger partial charge on any atom is 0.309 e. The molecule has 1 unspecified atom stereocenters. The number of aliphatic hydroxyl groups is 2. The molecule has 6 nitrogen and oxygen atoms in total. The normalized spacial score (nSPS) is 13.8. The first kappa shape index (κ1) is 36.6. The number of hydrogen-bond acceptors (Lipinski definition) is 6. The molecule has 0 aromatic heterocycles. The summed E-state index contributed by atoms with van der Waals surface area (Å²) in [4.78, 5) is 13.4. The van der Waals surface area contributed by atoms with Crippen LogP contribution in [0.15, 0.2) is 24.3 Å². The van der Waals surface area contributed by atoms with E-state index in [0.29, 0.717) is 19.3 Å². The van der Waals surface area contributed by atoms with Gasteiger partial charge in [0.15, 0.2) is 0 Å². The summed E-state index contributed by atoms with van der Waals surface area (Å²) in [5.41, 5.74) is 3.46. The number of phenolic OH excluding ortho intramolecular Hbond substituents is 2. The van der Waals surface area contributed by atoms with E-state index in [9.17, 15) is 20.1 Å². The molecule has 4 N–H and O–H groups in total. The van der Waals surface area contributed by atoms with E-state index in [1.807, 2.05) is 24.3 Å². The van der Waals surface area contributed by atoms with Gasteiger partial charge in [-0.2, -0.15) is 0 Å². The van der Waals surface area contributed by atoms with Gasteiger partial charge in [-0.3, -0.25) is 4.79 Å². The fraction of sp³-hybridized carbons (Fsp3) is 0.649. The van der Waals surface area contributed by atoms with E-state index in [4.69, 9.17) is 9.84 Å². The van der Waals surface area contributed by atoms with Crippen molar-refractivity contribution in [3.05, 3.63) is 57.6 Å².